The second-order valence-electron chi connectivity index (χ2n) is 5.91. The molecular weight excluding hydrogens is 278 g/mol. The van der Waals surface area contributed by atoms with Crippen LogP contribution in [0.2, 0.25) is 0 Å². The van der Waals surface area contributed by atoms with Crippen molar-refractivity contribution in [2.45, 2.75) is 46.3 Å². The van der Waals surface area contributed by atoms with Crippen LogP contribution < -0.4 is 0 Å². The van der Waals surface area contributed by atoms with Crippen LogP contribution in [0.15, 0.2) is 18.2 Å². The Morgan fingerprint density at radius 2 is 2.14 bits per heavy atom. The van der Waals surface area contributed by atoms with Crippen molar-refractivity contribution in [1.82, 2.24) is 14.8 Å². The molecule has 118 valence electrons. The van der Waals surface area contributed by atoms with E-state index in [9.17, 15) is 0 Å². The molecule has 0 saturated carbocycles. The molecule has 3 rings (SSSR count). The first kappa shape index (κ1) is 15.2. The predicted molar refractivity (Wildman–Crippen MR) is 84.2 cm³/mol. The van der Waals surface area contributed by atoms with Gasteiger partial charge < -0.3 is 9.47 Å². The molecule has 1 saturated heterocycles. The molecule has 0 radical (unpaired) electrons. The van der Waals surface area contributed by atoms with Gasteiger partial charge in [-0.25, -0.2) is 9.67 Å². The maximum absolute atomic E-state index is 5.78. The van der Waals surface area contributed by atoms with E-state index in [1.807, 2.05) is 11.6 Å². The van der Waals surface area contributed by atoms with E-state index in [4.69, 9.17) is 9.47 Å². The van der Waals surface area contributed by atoms with Gasteiger partial charge in [0, 0.05) is 6.61 Å². The maximum atomic E-state index is 5.78. The highest BCUT2D eigenvalue weighted by molar-refractivity contribution is 5.39. The van der Waals surface area contributed by atoms with Crippen LogP contribution in [0.5, 0.6) is 0 Å². The van der Waals surface area contributed by atoms with Crippen LogP contribution in [-0.2, 0) is 16.1 Å². The second-order valence-corrected chi connectivity index (χ2v) is 5.91. The molecule has 1 aliphatic rings. The average Bonchev–Trinajstić information content (AvgIpc) is 3.12. The third-order valence-electron chi connectivity index (χ3n) is 4.07. The molecule has 5 heteroatoms. The zero-order chi connectivity index (χ0) is 15.5. The van der Waals surface area contributed by atoms with Crippen molar-refractivity contribution in [3.8, 4) is 5.69 Å². The Kier molecular flexibility index (Phi) is 4.55. The van der Waals surface area contributed by atoms with Gasteiger partial charge in [0.25, 0.3) is 0 Å². The molecular formula is C17H23N3O2. The first-order valence-electron chi connectivity index (χ1n) is 7.83. The van der Waals surface area contributed by atoms with Gasteiger partial charge in [-0.05, 0) is 56.9 Å². The molecule has 1 aliphatic heterocycles. The first-order valence-corrected chi connectivity index (χ1v) is 7.83. The molecule has 0 N–H and O–H groups in total. The van der Waals surface area contributed by atoms with E-state index < -0.39 is 0 Å². The van der Waals surface area contributed by atoms with E-state index >= 15 is 0 Å². The van der Waals surface area contributed by atoms with Gasteiger partial charge in [0.15, 0.2) is 5.82 Å². The Bertz CT molecular complexity index is 645. The molecule has 0 unspecified atom stereocenters. The molecule has 1 fully saturated rings. The van der Waals surface area contributed by atoms with Gasteiger partial charge in [-0.15, -0.1) is 0 Å². The monoisotopic (exact) mass is 301 g/mol. The molecule has 0 aliphatic carbocycles. The Morgan fingerprint density at radius 1 is 1.27 bits per heavy atom. The average molecular weight is 301 g/mol. The Morgan fingerprint density at radius 3 is 2.86 bits per heavy atom. The SMILES string of the molecule is Cc1nc(COC[C@@H]2CCCO2)n(-c2ccc(C)c(C)c2)n1. The Hall–Kier alpha value is -1.72. The summed E-state index contributed by atoms with van der Waals surface area (Å²) < 4.78 is 13.2. The maximum Gasteiger partial charge on any atom is 0.158 e. The Labute approximate surface area is 131 Å². The first-order chi connectivity index (χ1) is 10.6. The van der Waals surface area contributed by atoms with Crippen molar-refractivity contribution in [2.24, 2.45) is 0 Å². The number of aromatic nitrogens is 3. The zero-order valence-corrected chi connectivity index (χ0v) is 13.5. The molecule has 2 aromatic rings. The molecule has 1 atom stereocenters. The highest BCUT2D eigenvalue weighted by Gasteiger charge is 2.16. The lowest BCUT2D eigenvalue weighted by molar-refractivity contribution is 0.00817. The van der Waals surface area contributed by atoms with Crippen molar-refractivity contribution < 1.29 is 9.47 Å². The minimum absolute atomic E-state index is 0.235. The van der Waals surface area contributed by atoms with E-state index in [2.05, 4.69) is 42.1 Å². The number of hydrogen-bond donors (Lipinski definition) is 0. The molecule has 1 aromatic heterocycles. The van der Waals surface area contributed by atoms with E-state index in [1.54, 1.807) is 0 Å². The van der Waals surface area contributed by atoms with Crippen molar-refractivity contribution >= 4 is 0 Å². The van der Waals surface area contributed by atoms with Crippen LogP contribution in [0.3, 0.4) is 0 Å². The number of nitrogens with zero attached hydrogens (tertiary/aromatic N) is 3. The third-order valence-corrected chi connectivity index (χ3v) is 4.07. The minimum Gasteiger partial charge on any atom is -0.376 e. The summed E-state index contributed by atoms with van der Waals surface area (Å²) in [5.41, 5.74) is 3.55. The lowest BCUT2D eigenvalue weighted by Crippen LogP contribution is -2.15. The van der Waals surface area contributed by atoms with E-state index in [-0.39, 0.29) is 6.10 Å². The van der Waals surface area contributed by atoms with Gasteiger partial charge >= 0.3 is 0 Å². The fourth-order valence-electron chi connectivity index (χ4n) is 2.67. The van der Waals surface area contributed by atoms with Gasteiger partial charge in [-0.1, -0.05) is 6.07 Å². The summed E-state index contributed by atoms with van der Waals surface area (Å²) in [6.07, 6.45) is 2.45. The van der Waals surface area contributed by atoms with Crippen LogP contribution >= 0.6 is 0 Å². The summed E-state index contributed by atoms with van der Waals surface area (Å²) in [6.45, 7) is 8.05. The van der Waals surface area contributed by atoms with E-state index in [0.29, 0.717) is 13.2 Å². The van der Waals surface area contributed by atoms with Gasteiger partial charge in [0.05, 0.1) is 18.4 Å². The van der Waals surface area contributed by atoms with Crippen molar-refractivity contribution in [1.29, 1.82) is 0 Å². The lowest BCUT2D eigenvalue weighted by atomic mass is 10.1. The van der Waals surface area contributed by atoms with Crippen LogP contribution in [0.25, 0.3) is 5.69 Å². The van der Waals surface area contributed by atoms with Crippen LogP contribution in [0.1, 0.15) is 35.6 Å². The fourth-order valence-corrected chi connectivity index (χ4v) is 2.67. The van der Waals surface area contributed by atoms with E-state index in [0.717, 1.165) is 36.8 Å². The standard InChI is InChI=1S/C17H23N3O2/c1-12-6-7-15(9-13(12)2)20-17(18-14(3)19-20)11-21-10-16-5-4-8-22-16/h6-7,9,16H,4-5,8,10-11H2,1-3H3/t16-/m0/s1. The lowest BCUT2D eigenvalue weighted by Gasteiger charge is -2.11. The number of aryl methyl sites for hydroxylation is 3. The summed E-state index contributed by atoms with van der Waals surface area (Å²) in [6, 6.07) is 6.31. The summed E-state index contributed by atoms with van der Waals surface area (Å²) in [7, 11) is 0. The zero-order valence-electron chi connectivity index (χ0n) is 13.5. The topological polar surface area (TPSA) is 49.2 Å². The molecule has 1 aromatic carbocycles. The van der Waals surface area contributed by atoms with Crippen molar-refractivity contribution in [2.75, 3.05) is 13.2 Å². The third kappa shape index (κ3) is 3.36. The van der Waals surface area contributed by atoms with Gasteiger partial charge in [-0.2, -0.15) is 5.10 Å². The normalized spacial score (nSPS) is 18.0. The van der Waals surface area contributed by atoms with Crippen molar-refractivity contribution in [3.05, 3.63) is 41.0 Å². The summed E-state index contributed by atoms with van der Waals surface area (Å²) in [5, 5.41) is 4.50. The molecule has 0 amide bonds. The number of benzene rings is 1. The highest BCUT2D eigenvalue weighted by atomic mass is 16.5. The predicted octanol–water partition coefficient (Wildman–Crippen LogP) is 2.89. The Balaban J connectivity index is 1.72. The quantitative estimate of drug-likeness (QED) is 0.852. The molecule has 2 heterocycles. The molecule has 22 heavy (non-hydrogen) atoms. The summed E-state index contributed by atoms with van der Waals surface area (Å²) in [4.78, 5) is 4.49. The number of rotatable bonds is 5. The summed E-state index contributed by atoms with van der Waals surface area (Å²) in [5.74, 6) is 1.59. The van der Waals surface area contributed by atoms with Gasteiger partial charge in [0.2, 0.25) is 0 Å². The second kappa shape index (κ2) is 6.58. The number of ether oxygens (including phenoxy) is 2. The van der Waals surface area contributed by atoms with E-state index in [1.165, 1.54) is 11.1 Å². The van der Waals surface area contributed by atoms with Gasteiger partial charge in [-0.3, -0.25) is 0 Å². The van der Waals surface area contributed by atoms with Crippen LogP contribution in [-0.4, -0.2) is 34.1 Å². The largest absolute Gasteiger partial charge is 0.376 e. The highest BCUT2D eigenvalue weighted by Crippen LogP contribution is 2.17. The van der Waals surface area contributed by atoms with Crippen LogP contribution in [0.4, 0.5) is 0 Å². The number of hydrogen-bond acceptors (Lipinski definition) is 4. The smallest absolute Gasteiger partial charge is 0.158 e. The van der Waals surface area contributed by atoms with Crippen molar-refractivity contribution in [3.63, 3.8) is 0 Å². The fraction of sp³-hybridized carbons (Fsp3) is 0.529. The van der Waals surface area contributed by atoms with Crippen LogP contribution in [0, 0.1) is 20.8 Å². The molecule has 0 spiro atoms. The molecule has 0 bridgehead atoms. The van der Waals surface area contributed by atoms with Gasteiger partial charge in [0.1, 0.15) is 12.4 Å². The summed E-state index contributed by atoms with van der Waals surface area (Å²) >= 11 is 0. The minimum atomic E-state index is 0.235. The molecule has 5 nitrogen and oxygen atoms in total.